The van der Waals surface area contributed by atoms with E-state index in [0.717, 1.165) is 12.1 Å². The number of halogens is 1. The predicted octanol–water partition coefficient (Wildman–Crippen LogP) is 3.77. The van der Waals surface area contributed by atoms with E-state index in [0.29, 0.717) is 11.4 Å². The van der Waals surface area contributed by atoms with Gasteiger partial charge in [0.15, 0.2) is 0 Å². The van der Waals surface area contributed by atoms with Crippen molar-refractivity contribution in [2.45, 2.75) is 30.0 Å². The van der Waals surface area contributed by atoms with Crippen molar-refractivity contribution in [3.05, 3.63) is 66.0 Å². The Morgan fingerprint density at radius 3 is 2.46 bits per heavy atom. The molecule has 0 aliphatic carbocycles. The van der Waals surface area contributed by atoms with Gasteiger partial charge in [-0.2, -0.15) is 0 Å². The predicted molar refractivity (Wildman–Crippen MR) is 97.6 cm³/mol. The van der Waals surface area contributed by atoms with E-state index < -0.39 is 5.25 Å². The Labute approximate surface area is 147 Å². The molecule has 2 atom stereocenters. The van der Waals surface area contributed by atoms with Crippen LogP contribution in [0, 0.1) is 5.82 Å². The van der Waals surface area contributed by atoms with Crippen LogP contribution < -0.4 is 10.6 Å². The third-order valence-electron chi connectivity index (χ3n) is 3.56. The maximum atomic E-state index is 14.0. The summed E-state index contributed by atoms with van der Waals surface area (Å²) >= 11 is 1.23. The summed E-state index contributed by atoms with van der Waals surface area (Å²) in [7, 11) is 0. The van der Waals surface area contributed by atoms with Crippen molar-refractivity contribution < 1.29 is 9.18 Å². The highest BCUT2D eigenvalue weighted by molar-refractivity contribution is 8.00. The largest absolute Gasteiger partial charge is 0.353 e. The van der Waals surface area contributed by atoms with E-state index in [-0.39, 0.29) is 17.8 Å². The second-order valence-corrected chi connectivity index (χ2v) is 6.69. The SMILES string of the molecule is CCN[C@H](C)CNC(=O)C(Sc1ccccc1F)c1ccccc1. The molecule has 1 amide bonds. The molecule has 128 valence electrons. The average molecular weight is 346 g/mol. The van der Waals surface area contributed by atoms with E-state index in [2.05, 4.69) is 10.6 Å². The molecule has 0 spiro atoms. The van der Waals surface area contributed by atoms with Crippen molar-refractivity contribution in [1.82, 2.24) is 10.6 Å². The number of carbonyl (C=O) groups is 1. The normalized spacial score (nSPS) is 13.3. The molecule has 0 aromatic heterocycles. The summed E-state index contributed by atoms with van der Waals surface area (Å²) in [4.78, 5) is 13.2. The van der Waals surface area contributed by atoms with Crippen LogP contribution in [0.25, 0.3) is 0 Å². The zero-order valence-electron chi connectivity index (χ0n) is 14.0. The molecule has 2 aromatic rings. The third-order valence-corrected chi connectivity index (χ3v) is 4.86. The van der Waals surface area contributed by atoms with Gasteiger partial charge in [-0.15, -0.1) is 11.8 Å². The van der Waals surface area contributed by atoms with Gasteiger partial charge in [0, 0.05) is 17.5 Å². The van der Waals surface area contributed by atoms with Crippen molar-refractivity contribution in [2.24, 2.45) is 0 Å². The molecule has 2 N–H and O–H groups in total. The van der Waals surface area contributed by atoms with Gasteiger partial charge in [0.1, 0.15) is 11.1 Å². The summed E-state index contributed by atoms with van der Waals surface area (Å²) in [5.74, 6) is -0.420. The number of amides is 1. The Morgan fingerprint density at radius 1 is 1.12 bits per heavy atom. The van der Waals surface area contributed by atoms with Crippen LogP contribution >= 0.6 is 11.8 Å². The van der Waals surface area contributed by atoms with Crippen LogP contribution in [0.5, 0.6) is 0 Å². The zero-order chi connectivity index (χ0) is 17.4. The molecule has 0 heterocycles. The quantitative estimate of drug-likeness (QED) is 0.715. The molecule has 2 aromatic carbocycles. The van der Waals surface area contributed by atoms with E-state index >= 15 is 0 Å². The highest BCUT2D eigenvalue weighted by atomic mass is 32.2. The summed E-state index contributed by atoms with van der Waals surface area (Å²) in [5, 5.41) is 5.73. The Balaban J connectivity index is 2.14. The van der Waals surface area contributed by atoms with E-state index in [4.69, 9.17) is 0 Å². The fourth-order valence-electron chi connectivity index (χ4n) is 2.34. The summed E-state index contributed by atoms with van der Waals surface area (Å²) in [6.07, 6.45) is 0. The summed E-state index contributed by atoms with van der Waals surface area (Å²) in [6.45, 7) is 5.43. The van der Waals surface area contributed by atoms with Crippen LogP contribution in [0.1, 0.15) is 24.7 Å². The van der Waals surface area contributed by atoms with E-state index in [1.54, 1.807) is 18.2 Å². The summed E-state index contributed by atoms with van der Waals surface area (Å²) in [6, 6.07) is 16.2. The Bertz CT molecular complexity index is 651. The lowest BCUT2D eigenvalue weighted by molar-refractivity contribution is -0.120. The molecule has 0 aliphatic rings. The number of thioether (sulfide) groups is 1. The third kappa shape index (κ3) is 5.35. The second-order valence-electron chi connectivity index (χ2n) is 5.54. The number of hydrogen-bond donors (Lipinski definition) is 2. The standard InChI is InChI=1S/C19H23FN2OS/c1-3-21-14(2)13-22-19(23)18(15-9-5-4-6-10-15)24-17-12-8-7-11-16(17)20/h4-12,14,18,21H,3,13H2,1-2H3,(H,22,23)/t14-,18?/m1/s1. The first-order valence-corrected chi connectivity index (χ1v) is 8.97. The molecule has 5 heteroatoms. The molecule has 3 nitrogen and oxygen atoms in total. The van der Waals surface area contributed by atoms with Crippen molar-refractivity contribution in [3.8, 4) is 0 Å². The summed E-state index contributed by atoms with van der Waals surface area (Å²) in [5.41, 5.74) is 0.861. The molecule has 0 saturated heterocycles. The zero-order valence-corrected chi connectivity index (χ0v) is 14.8. The fourth-order valence-corrected chi connectivity index (χ4v) is 3.41. The molecule has 0 bridgehead atoms. The molecule has 1 unspecified atom stereocenters. The van der Waals surface area contributed by atoms with Gasteiger partial charge in [-0.25, -0.2) is 4.39 Å². The fraction of sp³-hybridized carbons (Fsp3) is 0.316. The number of carbonyl (C=O) groups excluding carboxylic acids is 1. The number of likely N-dealkylation sites (N-methyl/N-ethyl adjacent to an activating group) is 1. The van der Waals surface area contributed by atoms with Crippen molar-refractivity contribution in [2.75, 3.05) is 13.1 Å². The summed E-state index contributed by atoms with van der Waals surface area (Å²) < 4.78 is 14.0. The molecule has 24 heavy (non-hydrogen) atoms. The minimum absolute atomic E-state index is 0.112. The molecule has 0 saturated carbocycles. The lowest BCUT2D eigenvalue weighted by atomic mass is 10.1. The smallest absolute Gasteiger partial charge is 0.238 e. The van der Waals surface area contributed by atoms with Crippen molar-refractivity contribution in [3.63, 3.8) is 0 Å². The van der Waals surface area contributed by atoms with Crippen LogP contribution in [0.4, 0.5) is 4.39 Å². The molecular formula is C19H23FN2OS. The average Bonchev–Trinajstić information content (AvgIpc) is 2.60. The van der Waals surface area contributed by atoms with Crippen LogP contribution in [0.3, 0.4) is 0 Å². The minimum atomic E-state index is -0.489. The molecule has 0 fully saturated rings. The van der Waals surface area contributed by atoms with Gasteiger partial charge in [-0.1, -0.05) is 49.4 Å². The second kappa shape index (κ2) is 9.45. The number of hydrogen-bond acceptors (Lipinski definition) is 3. The van der Waals surface area contributed by atoms with Crippen molar-refractivity contribution in [1.29, 1.82) is 0 Å². The van der Waals surface area contributed by atoms with E-state index in [1.165, 1.54) is 17.8 Å². The topological polar surface area (TPSA) is 41.1 Å². The van der Waals surface area contributed by atoms with Gasteiger partial charge in [-0.3, -0.25) is 4.79 Å². The number of benzene rings is 2. The first kappa shape index (κ1) is 18.5. The lowest BCUT2D eigenvalue weighted by Gasteiger charge is -2.19. The monoisotopic (exact) mass is 346 g/mol. The number of nitrogens with one attached hydrogen (secondary N) is 2. The molecular weight excluding hydrogens is 323 g/mol. The van der Waals surface area contributed by atoms with Crippen LogP contribution in [-0.4, -0.2) is 25.0 Å². The number of rotatable bonds is 8. The van der Waals surface area contributed by atoms with Gasteiger partial charge < -0.3 is 10.6 Å². The Hall–Kier alpha value is -1.85. The van der Waals surface area contributed by atoms with Gasteiger partial charge >= 0.3 is 0 Å². The van der Waals surface area contributed by atoms with Gasteiger partial charge in [0.25, 0.3) is 0 Å². The lowest BCUT2D eigenvalue weighted by Crippen LogP contribution is -2.40. The first-order valence-electron chi connectivity index (χ1n) is 8.09. The van der Waals surface area contributed by atoms with Crippen molar-refractivity contribution >= 4 is 17.7 Å². The highest BCUT2D eigenvalue weighted by Gasteiger charge is 2.23. The van der Waals surface area contributed by atoms with Crippen LogP contribution in [-0.2, 0) is 4.79 Å². The minimum Gasteiger partial charge on any atom is -0.353 e. The first-order chi connectivity index (χ1) is 11.6. The van der Waals surface area contributed by atoms with Gasteiger partial charge in [-0.05, 0) is 31.2 Å². The van der Waals surface area contributed by atoms with E-state index in [9.17, 15) is 9.18 Å². The Kier molecular flexibility index (Phi) is 7.28. The molecule has 2 rings (SSSR count). The molecule has 0 aliphatic heterocycles. The highest BCUT2D eigenvalue weighted by Crippen LogP contribution is 2.36. The Morgan fingerprint density at radius 2 is 1.79 bits per heavy atom. The van der Waals surface area contributed by atoms with E-state index in [1.807, 2.05) is 44.2 Å². The van der Waals surface area contributed by atoms with Gasteiger partial charge in [0.2, 0.25) is 5.91 Å². The van der Waals surface area contributed by atoms with Crippen LogP contribution in [0.2, 0.25) is 0 Å². The van der Waals surface area contributed by atoms with Crippen LogP contribution in [0.15, 0.2) is 59.5 Å². The van der Waals surface area contributed by atoms with Gasteiger partial charge in [0.05, 0.1) is 0 Å². The molecule has 0 radical (unpaired) electrons. The maximum absolute atomic E-state index is 14.0. The maximum Gasteiger partial charge on any atom is 0.238 e.